The van der Waals surface area contributed by atoms with Crippen LogP contribution in [0.2, 0.25) is 0 Å². The summed E-state index contributed by atoms with van der Waals surface area (Å²) in [5.41, 5.74) is 0. The van der Waals surface area contributed by atoms with Crippen molar-refractivity contribution in [3.8, 4) is 0 Å². The number of unbranched alkanes of at least 4 members (excludes halogenated alkanes) is 8. The Hall–Kier alpha value is -0.790. The number of rotatable bonds is 13. The summed E-state index contributed by atoms with van der Waals surface area (Å²) >= 11 is 0. The van der Waals surface area contributed by atoms with E-state index < -0.39 is 0 Å². The van der Waals surface area contributed by atoms with Crippen molar-refractivity contribution in [2.24, 2.45) is 0 Å². The fraction of sp³-hybridized carbons (Fsp3) is 0.850. The third-order valence-electron chi connectivity index (χ3n) is 4.60. The van der Waals surface area contributed by atoms with Crippen LogP contribution in [0.5, 0.6) is 0 Å². The Morgan fingerprint density at radius 2 is 1.45 bits per heavy atom. The lowest BCUT2D eigenvalue weighted by molar-refractivity contribution is -0.704. The monoisotopic (exact) mass is 307 g/mol. The van der Waals surface area contributed by atoms with E-state index in [9.17, 15) is 0 Å². The standard InChI is InChI=1S/C20H39N2/c1-5-7-9-11-13-15-20-21(16-14-12-10-8-6-2)17-18-22(20)19(3)4/h17-19H,5-16H2,1-4H3/q+1. The molecule has 0 amide bonds. The van der Waals surface area contributed by atoms with Gasteiger partial charge in [0.15, 0.2) is 0 Å². The molecule has 1 heterocycles. The second-order valence-corrected chi connectivity index (χ2v) is 6.99. The Balaban J connectivity index is 2.48. The highest BCUT2D eigenvalue weighted by Gasteiger charge is 2.18. The molecule has 1 aromatic heterocycles. The highest BCUT2D eigenvalue weighted by Crippen LogP contribution is 2.12. The third-order valence-corrected chi connectivity index (χ3v) is 4.60. The Morgan fingerprint density at radius 3 is 2.05 bits per heavy atom. The summed E-state index contributed by atoms with van der Waals surface area (Å²) in [5.74, 6) is 1.54. The molecule has 0 unspecified atom stereocenters. The Bertz CT molecular complexity index is 379. The first-order chi connectivity index (χ1) is 10.7. The van der Waals surface area contributed by atoms with Crippen LogP contribution in [0.4, 0.5) is 0 Å². The molecular formula is C20H39N2+. The maximum atomic E-state index is 2.52. The molecular weight excluding hydrogens is 268 g/mol. The van der Waals surface area contributed by atoms with Crippen molar-refractivity contribution in [2.45, 2.75) is 111 Å². The molecule has 0 N–H and O–H groups in total. The maximum absolute atomic E-state index is 2.52. The van der Waals surface area contributed by atoms with E-state index in [4.69, 9.17) is 0 Å². The van der Waals surface area contributed by atoms with Gasteiger partial charge in [-0.2, -0.15) is 0 Å². The molecule has 0 spiro atoms. The van der Waals surface area contributed by atoms with E-state index in [2.05, 4.69) is 49.2 Å². The molecule has 22 heavy (non-hydrogen) atoms. The average molecular weight is 308 g/mol. The largest absolute Gasteiger partial charge is 0.256 e. The molecule has 0 saturated carbocycles. The zero-order chi connectivity index (χ0) is 16.2. The molecule has 128 valence electrons. The van der Waals surface area contributed by atoms with Crippen LogP contribution in [0.1, 0.15) is 104 Å². The van der Waals surface area contributed by atoms with E-state index in [1.807, 2.05) is 0 Å². The van der Waals surface area contributed by atoms with Crippen LogP contribution in [-0.4, -0.2) is 4.57 Å². The normalized spacial score (nSPS) is 11.5. The molecule has 0 aliphatic rings. The molecule has 0 aliphatic heterocycles. The highest BCUT2D eigenvalue weighted by molar-refractivity contribution is 4.86. The van der Waals surface area contributed by atoms with Gasteiger partial charge >= 0.3 is 0 Å². The minimum absolute atomic E-state index is 0.576. The van der Waals surface area contributed by atoms with Crippen LogP contribution in [0.25, 0.3) is 0 Å². The minimum Gasteiger partial charge on any atom is -0.234 e. The second kappa shape index (κ2) is 11.7. The fourth-order valence-corrected chi connectivity index (χ4v) is 3.19. The lowest BCUT2D eigenvalue weighted by Crippen LogP contribution is -2.37. The van der Waals surface area contributed by atoms with Crippen molar-refractivity contribution in [2.75, 3.05) is 0 Å². The predicted octanol–water partition coefficient (Wildman–Crippen LogP) is 5.84. The van der Waals surface area contributed by atoms with Crippen molar-refractivity contribution in [3.05, 3.63) is 18.2 Å². The van der Waals surface area contributed by atoms with Crippen LogP contribution < -0.4 is 4.57 Å². The van der Waals surface area contributed by atoms with Gasteiger partial charge in [-0.05, 0) is 33.1 Å². The summed E-state index contributed by atoms with van der Waals surface area (Å²) in [6, 6.07) is 0.576. The summed E-state index contributed by atoms with van der Waals surface area (Å²) in [5, 5.41) is 0. The first-order valence-electron chi connectivity index (χ1n) is 9.79. The second-order valence-electron chi connectivity index (χ2n) is 6.99. The lowest BCUT2D eigenvalue weighted by Gasteiger charge is -2.08. The fourth-order valence-electron chi connectivity index (χ4n) is 3.19. The first kappa shape index (κ1) is 19.3. The summed E-state index contributed by atoms with van der Waals surface area (Å²) in [7, 11) is 0. The van der Waals surface area contributed by atoms with Crippen molar-refractivity contribution >= 4 is 0 Å². The minimum atomic E-state index is 0.576. The van der Waals surface area contributed by atoms with E-state index in [-0.39, 0.29) is 0 Å². The molecule has 0 aromatic carbocycles. The van der Waals surface area contributed by atoms with Crippen LogP contribution in [0, 0.1) is 0 Å². The molecule has 0 atom stereocenters. The van der Waals surface area contributed by atoms with Crippen molar-refractivity contribution in [1.29, 1.82) is 0 Å². The van der Waals surface area contributed by atoms with Gasteiger partial charge in [-0.15, -0.1) is 0 Å². The zero-order valence-electron chi connectivity index (χ0n) is 15.6. The van der Waals surface area contributed by atoms with Crippen molar-refractivity contribution in [1.82, 2.24) is 4.57 Å². The number of aryl methyl sites for hydroxylation is 1. The van der Waals surface area contributed by atoms with Gasteiger partial charge in [-0.25, -0.2) is 9.13 Å². The third kappa shape index (κ3) is 6.98. The molecule has 0 fully saturated rings. The summed E-state index contributed by atoms with van der Waals surface area (Å²) in [4.78, 5) is 0. The molecule has 0 saturated heterocycles. The predicted molar refractivity (Wildman–Crippen MR) is 96.2 cm³/mol. The zero-order valence-corrected chi connectivity index (χ0v) is 15.6. The molecule has 2 heteroatoms. The van der Waals surface area contributed by atoms with Gasteiger partial charge in [0.1, 0.15) is 12.4 Å². The smallest absolute Gasteiger partial charge is 0.234 e. The van der Waals surface area contributed by atoms with Gasteiger partial charge in [0.2, 0.25) is 0 Å². The van der Waals surface area contributed by atoms with Gasteiger partial charge in [0.05, 0.1) is 12.6 Å². The lowest BCUT2D eigenvalue weighted by atomic mass is 10.1. The van der Waals surface area contributed by atoms with E-state index in [1.165, 1.54) is 77.2 Å². The van der Waals surface area contributed by atoms with Gasteiger partial charge < -0.3 is 0 Å². The molecule has 0 bridgehead atoms. The molecule has 1 rings (SSSR count). The molecule has 2 nitrogen and oxygen atoms in total. The van der Waals surface area contributed by atoms with Crippen LogP contribution >= 0.6 is 0 Å². The van der Waals surface area contributed by atoms with E-state index in [1.54, 1.807) is 5.82 Å². The number of nitrogens with zero attached hydrogens (tertiary/aromatic N) is 2. The summed E-state index contributed by atoms with van der Waals surface area (Å²) in [6.07, 6.45) is 19.5. The summed E-state index contributed by atoms with van der Waals surface area (Å²) in [6.45, 7) is 10.4. The van der Waals surface area contributed by atoms with Gasteiger partial charge in [-0.1, -0.05) is 58.8 Å². The van der Waals surface area contributed by atoms with Gasteiger partial charge in [0, 0.05) is 6.42 Å². The molecule has 0 radical (unpaired) electrons. The Labute approximate surface area is 138 Å². The highest BCUT2D eigenvalue weighted by atomic mass is 15.2. The summed E-state index contributed by atoms with van der Waals surface area (Å²) < 4.78 is 5.00. The van der Waals surface area contributed by atoms with E-state index in [0.717, 1.165) is 0 Å². The number of imidazole rings is 1. The quantitative estimate of drug-likeness (QED) is 0.320. The number of hydrogen-bond donors (Lipinski definition) is 0. The van der Waals surface area contributed by atoms with Gasteiger partial charge in [-0.3, -0.25) is 0 Å². The average Bonchev–Trinajstić information content (AvgIpc) is 2.90. The maximum Gasteiger partial charge on any atom is 0.256 e. The van der Waals surface area contributed by atoms with Crippen molar-refractivity contribution < 1.29 is 4.57 Å². The van der Waals surface area contributed by atoms with Crippen LogP contribution in [0.15, 0.2) is 12.4 Å². The van der Waals surface area contributed by atoms with E-state index >= 15 is 0 Å². The SMILES string of the molecule is CCCCCCCc1n(C(C)C)cc[n+]1CCCCCCC. The van der Waals surface area contributed by atoms with Crippen LogP contribution in [0.3, 0.4) is 0 Å². The topological polar surface area (TPSA) is 8.81 Å². The van der Waals surface area contributed by atoms with Crippen LogP contribution in [-0.2, 0) is 13.0 Å². The Morgan fingerprint density at radius 1 is 0.864 bits per heavy atom. The molecule has 1 aromatic rings. The van der Waals surface area contributed by atoms with Gasteiger partial charge in [0.25, 0.3) is 5.82 Å². The van der Waals surface area contributed by atoms with E-state index in [0.29, 0.717) is 6.04 Å². The molecule has 0 aliphatic carbocycles. The van der Waals surface area contributed by atoms with Crippen molar-refractivity contribution in [3.63, 3.8) is 0 Å². The Kier molecular flexibility index (Phi) is 10.3. The number of hydrogen-bond acceptors (Lipinski definition) is 0. The number of aromatic nitrogens is 2. The first-order valence-corrected chi connectivity index (χ1v) is 9.79.